The monoisotopic (exact) mass is 368 g/mol. The summed E-state index contributed by atoms with van der Waals surface area (Å²) in [5.74, 6) is -0.349. The lowest BCUT2D eigenvalue weighted by Gasteiger charge is -2.13. The molecular formula is C19H17ClN4O2. The molecule has 0 saturated carbocycles. The average Bonchev–Trinajstić information content (AvgIpc) is 2.61. The van der Waals surface area contributed by atoms with E-state index in [1.54, 1.807) is 25.3 Å². The Morgan fingerprint density at radius 3 is 2.58 bits per heavy atom. The van der Waals surface area contributed by atoms with Crippen molar-refractivity contribution < 1.29 is 9.53 Å². The lowest BCUT2D eigenvalue weighted by Crippen LogP contribution is -2.24. The summed E-state index contributed by atoms with van der Waals surface area (Å²) in [5.41, 5.74) is 13.2. The van der Waals surface area contributed by atoms with Crippen molar-refractivity contribution in [2.24, 2.45) is 16.5 Å². The highest BCUT2D eigenvalue weighted by atomic mass is 35.5. The van der Waals surface area contributed by atoms with Gasteiger partial charge in [-0.1, -0.05) is 23.7 Å². The van der Waals surface area contributed by atoms with Gasteiger partial charge in [0.15, 0.2) is 5.96 Å². The summed E-state index contributed by atoms with van der Waals surface area (Å²) >= 11 is 6.49. The van der Waals surface area contributed by atoms with Gasteiger partial charge < -0.3 is 16.2 Å². The Kier molecular flexibility index (Phi) is 4.77. The van der Waals surface area contributed by atoms with E-state index in [2.05, 4.69) is 9.98 Å². The Balaban J connectivity index is 2.30. The molecule has 0 aliphatic heterocycles. The number of rotatable bonds is 3. The fraction of sp³-hybridized carbons (Fsp3) is 0.105. The lowest BCUT2D eigenvalue weighted by molar-refractivity contribution is 0.100. The summed E-state index contributed by atoms with van der Waals surface area (Å²) in [7, 11) is 1.55. The molecule has 0 saturated heterocycles. The van der Waals surface area contributed by atoms with Crippen molar-refractivity contribution in [2.45, 2.75) is 6.92 Å². The van der Waals surface area contributed by atoms with E-state index in [0.717, 1.165) is 27.6 Å². The highest BCUT2D eigenvalue weighted by Gasteiger charge is 2.16. The number of carbonyl (C=O) groups excluding carboxylic acids is 1. The number of fused-ring (bicyclic) bond motifs is 1. The molecule has 132 valence electrons. The minimum atomic E-state index is -0.521. The van der Waals surface area contributed by atoms with Gasteiger partial charge in [0, 0.05) is 27.4 Å². The van der Waals surface area contributed by atoms with Crippen molar-refractivity contribution in [1.29, 1.82) is 0 Å². The van der Waals surface area contributed by atoms with Crippen LogP contribution in [0.15, 0.2) is 47.5 Å². The van der Waals surface area contributed by atoms with E-state index in [9.17, 15) is 4.79 Å². The molecule has 0 aliphatic carbocycles. The van der Waals surface area contributed by atoms with Crippen LogP contribution >= 0.6 is 11.6 Å². The van der Waals surface area contributed by atoms with Crippen LogP contribution in [0, 0.1) is 6.92 Å². The van der Waals surface area contributed by atoms with Crippen LogP contribution in [0.5, 0.6) is 5.88 Å². The first-order valence-electron chi connectivity index (χ1n) is 7.79. The van der Waals surface area contributed by atoms with Crippen LogP contribution in [0.4, 0.5) is 0 Å². The number of nitrogens with two attached hydrogens (primary N) is 2. The molecule has 0 aliphatic rings. The third-order valence-electron chi connectivity index (χ3n) is 3.91. The summed E-state index contributed by atoms with van der Waals surface area (Å²) in [6.07, 6.45) is 0. The number of hydrogen-bond acceptors (Lipinski definition) is 3. The van der Waals surface area contributed by atoms with Gasteiger partial charge in [-0.3, -0.25) is 4.79 Å². The first-order valence-corrected chi connectivity index (χ1v) is 8.16. The number of methoxy groups -OCH3 is 1. The van der Waals surface area contributed by atoms with Gasteiger partial charge in [0.1, 0.15) is 0 Å². The molecule has 3 rings (SSSR count). The highest BCUT2D eigenvalue weighted by molar-refractivity contribution is 6.35. The largest absolute Gasteiger partial charge is 0.481 e. The van der Waals surface area contributed by atoms with Crippen LogP contribution in [0.3, 0.4) is 0 Å². The fourth-order valence-electron chi connectivity index (χ4n) is 2.76. The molecular weight excluding hydrogens is 352 g/mol. The minimum absolute atomic E-state index is 0.286. The van der Waals surface area contributed by atoms with Crippen molar-refractivity contribution in [3.8, 4) is 17.0 Å². The average molecular weight is 369 g/mol. The number of pyridine rings is 1. The standard InChI is InChI=1S/C19H17ClN4O2/c1-10-3-7-13(18(23-10)26-2)16-14-9-12(17(25)24-19(21)22)5-4-11(14)6-8-15(16)20/h3-9H,1-2H3,(H4,21,22,24,25). The van der Waals surface area contributed by atoms with Gasteiger partial charge in [-0.15, -0.1) is 0 Å². The van der Waals surface area contributed by atoms with Crippen molar-refractivity contribution in [3.63, 3.8) is 0 Å². The second-order valence-corrected chi connectivity index (χ2v) is 6.12. The molecule has 4 N–H and O–H groups in total. The first-order chi connectivity index (χ1) is 12.4. The van der Waals surface area contributed by atoms with E-state index in [-0.39, 0.29) is 5.96 Å². The SMILES string of the molecule is COc1nc(C)ccc1-c1c(Cl)ccc2ccc(C(=O)N=C(N)N)cc12. The lowest BCUT2D eigenvalue weighted by atomic mass is 9.96. The van der Waals surface area contributed by atoms with Gasteiger partial charge in [-0.25, -0.2) is 4.98 Å². The van der Waals surface area contributed by atoms with E-state index >= 15 is 0 Å². The molecule has 1 amide bonds. The Morgan fingerprint density at radius 2 is 1.88 bits per heavy atom. The van der Waals surface area contributed by atoms with E-state index < -0.39 is 5.91 Å². The number of halogens is 1. The van der Waals surface area contributed by atoms with Gasteiger partial charge in [-0.2, -0.15) is 4.99 Å². The molecule has 26 heavy (non-hydrogen) atoms. The van der Waals surface area contributed by atoms with Crippen molar-refractivity contribution in [2.75, 3.05) is 7.11 Å². The van der Waals surface area contributed by atoms with Gasteiger partial charge in [0.05, 0.1) is 7.11 Å². The fourth-order valence-corrected chi connectivity index (χ4v) is 3.03. The smallest absolute Gasteiger partial charge is 0.280 e. The number of aryl methyl sites for hydroxylation is 1. The van der Waals surface area contributed by atoms with Crippen LogP contribution in [0.25, 0.3) is 21.9 Å². The molecule has 3 aromatic rings. The van der Waals surface area contributed by atoms with Gasteiger partial charge in [0.2, 0.25) is 5.88 Å². The van der Waals surface area contributed by atoms with Crippen molar-refractivity contribution in [3.05, 3.63) is 58.7 Å². The summed E-state index contributed by atoms with van der Waals surface area (Å²) in [5, 5.41) is 2.21. The Bertz CT molecular complexity index is 1040. The summed E-state index contributed by atoms with van der Waals surface area (Å²) in [6.45, 7) is 1.88. The molecule has 0 radical (unpaired) electrons. The molecule has 1 heterocycles. The molecule has 6 nitrogen and oxygen atoms in total. The second-order valence-electron chi connectivity index (χ2n) is 5.71. The van der Waals surface area contributed by atoms with Crippen LogP contribution < -0.4 is 16.2 Å². The maximum atomic E-state index is 12.2. The Morgan fingerprint density at radius 1 is 1.15 bits per heavy atom. The van der Waals surface area contributed by atoms with Crippen LogP contribution in [-0.2, 0) is 0 Å². The highest BCUT2D eigenvalue weighted by Crippen LogP contribution is 2.39. The minimum Gasteiger partial charge on any atom is -0.481 e. The summed E-state index contributed by atoms with van der Waals surface area (Å²) in [6, 6.07) is 12.6. The third kappa shape index (κ3) is 3.32. The molecule has 0 fully saturated rings. The molecule has 0 unspecified atom stereocenters. The molecule has 0 atom stereocenters. The zero-order valence-electron chi connectivity index (χ0n) is 14.3. The summed E-state index contributed by atoms with van der Waals surface area (Å²) < 4.78 is 5.42. The number of nitrogens with zero attached hydrogens (tertiary/aromatic N) is 2. The van der Waals surface area contributed by atoms with Crippen molar-refractivity contribution in [1.82, 2.24) is 4.98 Å². The Labute approximate surface area is 155 Å². The molecule has 7 heteroatoms. The van der Waals surface area contributed by atoms with Crippen LogP contribution in [-0.4, -0.2) is 24.0 Å². The van der Waals surface area contributed by atoms with Gasteiger partial charge >= 0.3 is 0 Å². The summed E-state index contributed by atoms with van der Waals surface area (Å²) in [4.78, 5) is 20.2. The number of benzene rings is 2. The molecule has 1 aromatic heterocycles. The second kappa shape index (κ2) is 7.01. The third-order valence-corrected chi connectivity index (χ3v) is 4.23. The number of aliphatic imine (C=N–C) groups is 1. The van der Waals surface area contributed by atoms with Gasteiger partial charge in [0.25, 0.3) is 5.91 Å². The molecule has 0 bridgehead atoms. The van der Waals surface area contributed by atoms with Crippen LogP contribution in [0.1, 0.15) is 16.1 Å². The maximum absolute atomic E-state index is 12.2. The van der Waals surface area contributed by atoms with E-state index in [0.29, 0.717) is 16.5 Å². The quantitative estimate of drug-likeness (QED) is 0.545. The van der Waals surface area contributed by atoms with Gasteiger partial charge in [-0.05, 0) is 48.0 Å². The normalized spacial score (nSPS) is 10.6. The number of carbonyl (C=O) groups is 1. The maximum Gasteiger partial charge on any atom is 0.280 e. The number of hydrogen-bond donors (Lipinski definition) is 2. The van der Waals surface area contributed by atoms with Crippen LogP contribution in [0.2, 0.25) is 5.02 Å². The Hall–Kier alpha value is -3.12. The number of aromatic nitrogens is 1. The zero-order chi connectivity index (χ0) is 18.8. The predicted octanol–water partition coefficient (Wildman–Crippen LogP) is 3.29. The molecule has 2 aromatic carbocycles. The van der Waals surface area contributed by atoms with Crippen molar-refractivity contribution >= 4 is 34.2 Å². The topological polar surface area (TPSA) is 104 Å². The molecule has 0 spiro atoms. The zero-order valence-corrected chi connectivity index (χ0v) is 15.0. The van der Waals surface area contributed by atoms with E-state index in [4.69, 9.17) is 27.8 Å². The predicted molar refractivity (Wildman–Crippen MR) is 104 cm³/mol. The first kappa shape index (κ1) is 17.7. The van der Waals surface area contributed by atoms with E-state index in [1.807, 2.05) is 31.2 Å². The number of amides is 1. The number of guanidine groups is 1. The number of ether oxygens (including phenoxy) is 1. The van der Waals surface area contributed by atoms with E-state index in [1.165, 1.54) is 0 Å².